The quantitative estimate of drug-likeness (QED) is 0.211. The second kappa shape index (κ2) is 15.6. The van der Waals surface area contributed by atoms with Crippen LogP contribution >= 0.6 is 0 Å². The molecule has 0 aliphatic carbocycles. The fourth-order valence-corrected chi connectivity index (χ4v) is 5.26. The first-order chi connectivity index (χ1) is 19.9. The van der Waals surface area contributed by atoms with Gasteiger partial charge >= 0.3 is 0 Å². The van der Waals surface area contributed by atoms with Crippen LogP contribution in [0, 0.1) is 31.1 Å². The summed E-state index contributed by atoms with van der Waals surface area (Å²) in [5.74, 6) is 1.37. The van der Waals surface area contributed by atoms with Crippen LogP contribution in [0.2, 0.25) is 0 Å². The van der Waals surface area contributed by atoms with Crippen molar-refractivity contribution in [1.29, 1.82) is 0 Å². The standard InChI is InChI=1S/3C14H22O.U/c3*1-13(2,3)10-8-7-9-11(12(10)15)14(4,5)6;/h3*7-9,15H,1-6H3;. The van der Waals surface area contributed by atoms with Gasteiger partial charge < -0.3 is 15.3 Å². The minimum Gasteiger partial charge on any atom is -0.507 e. The minimum absolute atomic E-state index is 0. The molecule has 0 atom stereocenters. The largest absolute Gasteiger partial charge is 0.507 e. The number of hydrogen-bond donors (Lipinski definition) is 3. The SMILES string of the molecule is CC(C)(C)c1cccc(C(C)(C)C)c1O.CC(C)(C)c1cccc(C(C)(C)C)c1O.CC(C)(C)c1cccc(C(C)(C)C)c1O.[U]. The van der Waals surface area contributed by atoms with Gasteiger partial charge in [0, 0.05) is 31.1 Å². The number of rotatable bonds is 0. The van der Waals surface area contributed by atoms with Crippen molar-refractivity contribution in [3.05, 3.63) is 88.0 Å². The molecule has 0 fully saturated rings. The first kappa shape index (κ1) is 44.1. The number of para-hydroxylation sites is 3. The third kappa shape index (κ3) is 12.3. The van der Waals surface area contributed by atoms with E-state index in [1.807, 2.05) is 54.6 Å². The van der Waals surface area contributed by atoms with Gasteiger partial charge in [-0.15, -0.1) is 0 Å². The molecule has 0 saturated carbocycles. The molecule has 3 rings (SSSR count). The van der Waals surface area contributed by atoms with Crippen LogP contribution in [0.25, 0.3) is 0 Å². The Morgan fingerprint density at radius 1 is 0.283 bits per heavy atom. The van der Waals surface area contributed by atoms with Crippen molar-refractivity contribution in [2.75, 3.05) is 0 Å². The second-order valence-electron chi connectivity index (χ2n) is 18.6. The number of benzene rings is 3. The smallest absolute Gasteiger partial charge is 0.123 e. The molecule has 4 heteroatoms. The molecule has 0 unspecified atom stereocenters. The molecule has 0 radical (unpaired) electrons. The van der Waals surface area contributed by atoms with Gasteiger partial charge in [0.1, 0.15) is 17.2 Å². The molecule has 0 bridgehead atoms. The molecule has 0 spiro atoms. The molecule has 3 aromatic rings. The Hall–Kier alpha value is -1.89. The molecule has 0 heterocycles. The van der Waals surface area contributed by atoms with Crippen molar-refractivity contribution in [1.82, 2.24) is 0 Å². The van der Waals surface area contributed by atoms with Gasteiger partial charge in [-0.05, 0) is 65.9 Å². The zero-order valence-electron chi connectivity index (χ0n) is 32.5. The van der Waals surface area contributed by atoms with Gasteiger partial charge in [0.15, 0.2) is 0 Å². The van der Waals surface area contributed by atoms with E-state index in [0.29, 0.717) is 17.2 Å². The Kier molecular flexibility index (Phi) is 14.9. The van der Waals surface area contributed by atoms with E-state index in [-0.39, 0.29) is 63.6 Å². The predicted octanol–water partition coefficient (Wildman–Crippen LogP) is 12.0. The number of phenolic OH excluding ortho intramolecular Hbond substituents is 3. The second-order valence-corrected chi connectivity index (χ2v) is 18.6. The van der Waals surface area contributed by atoms with Gasteiger partial charge in [-0.2, -0.15) is 0 Å². The molecule has 3 nitrogen and oxygen atoms in total. The molecule has 3 aromatic carbocycles. The van der Waals surface area contributed by atoms with E-state index in [4.69, 9.17) is 0 Å². The number of phenols is 3. The summed E-state index contributed by atoms with van der Waals surface area (Å²) in [7, 11) is 0. The zero-order valence-corrected chi connectivity index (χ0v) is 36.7. The van der Waals surface area contributed by atoms with Gasteiger partial charge in [-0.3, -0.25) is 0 Å². The molecule has 0 saturated heterocycles. The molecule has 3 N–H and O–H groups in total. The van der Waals surface area contributed by atoms with Gasteiger partial charge in [-0.1, -0.05) is 179 Å². The van der Waals surface area contributed by atoms with Crippen molar-refractivity contribution < 1.29 is 46.4 Å². The Bertz CT molecular complexity index is 1140. The zero-order chi connectivity index (χ0) is 35.6. The maximum atomic E-state index is 10.3. The van der Waals surface area contributed by atoms with Crippen molar-refractivity contribution in [3.8, 4) is 17.2 Å². The summed E-state index contributed by atoms with van der Waals surface area (Å²) in [6.45, 7) is 38.2. The fraction of sp³-hybridized carbons (Fsp3) is 0.571. The number of hydrogen-bond acceptors (Lipinski definition) is 3. The summed E-state index contributed by atoms with van der Waals surface area (Å²) >= 11 is 0. The molecule has 46 heavy (non-hydrogen) atoms. The van der Waals surface area contributed by atoms with Crippen molar-refractivity contribution in [3.63, 3.8) is 0 Å². The number of aromatic hydroxyl groups is 3. The van der Waals surface area contributed by atoms with Crippen LogP contribution in [-0.4, -0.2) is 15.3 Å². The summed E-state index contributed by atoms with van der Waals surface area (Å²) in [4.78, 5) is 0. The van der Waals surface area contributed by atoms with Crippen molar-refractivity contribution in [2.45, 2.75) is 157 Å². The first-order valence-corrected chi connectivity index (χ1v) is 16.4. The third-order valence-electron chi connectivity index (χ3n) is 7.96. The van der Waals surface area contributed by atoms with E-state index in [1.54, 1.807) is 0 Å². The summed E-state index contributed by atoms with van der Waals surface area (Å²) < 4.78 is 0. The summed E-state index contributed by atoms with van der Waals surface area (Å²) in [5.41, 5.74) is 6.09. The Labute approximate surface area is 307 Å². The average molecular weight is 857 g/mol. The third-order valence-corrected chi connectivity index (χ3v) is 7.96. The monoisotopic (exact) mass is 857 g/mol. The maximum Gasteiger partial charge on any atom is 0.123 e. The summed E-state index contributed by atoms with van der Waals surface area (Å²) in [6, 6.07) is 18.1. The van der Waals surface area contributed by atoms with E-state index in [0.717, 1.165) is 33.4 Å². The van der Waals surface area contributed by atoms with Gasteiger partial charge in [0.25, 0.3) is 0 Å². The van der Waals surface area contributed by atoms with Crippen LogP contribution < -0.4 is 0 Å². The normalized spacial score (nSPS) is 12.7. The molecule has 256 valence electrons. The first-order valence-electron chi connectivity index (χ1n) is 16.4. The Balaban J connectivity index is 0.000000653. The Morgan fingerprint density at radius 3 is 0.478 bits per heavy atom. The van der Waals surface area contributed by atoms with Gasteiger partial charge in [0.2, 0.25) is 0 Å². The average Bonchev–Trinajstić information content (AvgIpc) is 2.81. The van der Waals surface area contributed by atoms with Crippen LogP contribution in [0.1, 0.15) is 158 Å². The summed E-state index contributed by atoms with van der Waals surface area (Å²) in [6.07, 6.45) is 0. The maximum absolute atomic E-state index is 10.3. The van der Waals surface area contributed by atoms with Gasteiger partial charge in [0.05, 0.1) is 0 Å². The molecule has 0 aliphatic rings. The predicted molar refractivity (Wildman–Crippen MR) is 197 cm³/mol. The molecule has 0 aromatic heterocycles. The van der Waals surface area contributed by atoms with E-state index >= 15 is 0 Å². The molecular weight excluding hydrogens is 790 g/mol. The molecule has 0 aliphatic heterocycles. The summed E-state index contributed by atoms with van der Waals surface area (Å²) in [5, 5.41) is 30.8. The van der Waals surface area contributed by atoms with Crippen LogP contribution in [0.3, 0.4) is 0 Å². The van der Waals surface area contributed by atoms with E-state index in [2.05, 4.69) is 125 Å². The van der Waals surface area contributed by atoms with E-state index < -0.39 is 0 Å². The van der Waals surface area contributed by atoms with E-state index in [9.17, 15) is 15.3 Å². The van der Waals surface area contributed by atoms with Crippen LogP contribution in [-0.2, 0) is 32.5 Å². The van der Waals surface area contributed by atoms with Crippen LogP contribution in [0.15, 0.2) is 54.6 Å². The van der Waals surface area contributed by atoms with E-state index in [1.165, 1.54) is 0 Å². The molecule has 0 amide bonds. The Morgan fingerprint density at radius 2 is 0.391 bits per heavy atom. The molecular formula is C42H66O3U. The van der Waals surface area contributed by atoms with Gasteiger partial charge in [-0.25, -0.2) is 0 Å². The van der Waals surface area contributed by atoms with Crippen LogP contribution in [0.4, 0.5) is 0 Å². The van der Waals surface area contributed by atoms with Crippen LogP contribution in [0.5, 0.6) is 17.2 Å². The minimum atomic E-state index is -0.00859. The topological polar surface area (TPSA) is 60.7 Å². The van der Waals surface area contributed by atoms with Crippen molar-refractivity contribution >= 4 is 0 Å². The fourth-order valence-electron chi connectivity index (χ4n) is 5.26. The van der Waals surface area contributed by atoms with Crippen molar-refractivity contribution in [2.24, 2.45) is 0 Å².